The molecule has 5 heteroatoms. The van der Waals surface area contributed by atoms with Crippen LogP contribution in [0.15, 0.2) is 17.5 Å². The lowest BCUT2D eigenvalue weighted by Crippen LogP contribution is -2.22. The Morgan fingerprint density at radius 3 is 3.14 bits per heavy atom. The molecule has 0 aliphatic heterocycles. The maximum atomic E-state index is 11.4. The summed E-state index contributed by atoms with van der Waals surface area (Å²) in [7, 11) is 0. The molecule has 0 aliphatic carbocycles. The quantitative estimate of drug-likeness (QED) is 0.792. The molecule has 1 N–H and O–H groups in total. The van der Waals surface area contributed by atoms with Crippen molar-refractivity contribution in [2.75, 3.05) is 6.54 Å². The van der Waals surface area contributed by atoms with Gasteiger partial charge in [0.1, 0.15) is 6.54 Å². The Morgan fingerprint density at radius 1 is 1.57 bits per heavy atom. The van der Waals surface area contributed by atoms with Gasteiger partial charge in [-0.05, 0) is 17.5 Å². The lowest BCUT2D eigenvalue weighted by molar-refractivity contribution is 0.0962. The molecule has 0 aromatic carbocycles. The number of fused-ring (bicyclic) bond motifs is 1. The SMILES string of the molecule is N#CCNC(=O)c1cc2sccc2s1. The molecular weight excluding hydrogens is 216 g/mol. The molecule has 70 valence electrons. The highest BCUT2D eigenvalue weighted by Gasteiger charge is 2.09. The van der Waals surface area contributed by atoms with Crippen LogP contribution in [-0.4, -0.2) is 12.5 Å². The van der Waals surface area contributed by atoms with E-state index in [-0.39, 0.29) is 12.5 Å². The average Bonchev–Trinajstić information content (AvgIpc) is 2.72. The topological polar surface area (TPSA) is 52.9 Å². The van der Waals surface area contributed by atoms with Crippen LogP contribution in [-0.2, 0) is 0 Å². The minimum absolute atomic E-state index is 0.0599. The first kappa shape index (κ1) is 9.19. The Bertz CT molecular complexity index is 478. The third kappa shape index (κ3) is 1.62. The van der Waals surface area contributed by atoms with E-state index in [1.807, 2.05) is 23.6 Å². The van der Waals surface area contributed by atoms with Gasteiger partial charge in [0, 0.05) is 9.40 Å². The number of nitrogens with one attached hydrogen (secondary N) is 1. The molecule has 0 bridgehead atoms. The van der Waals surface area contributed by atoms with E-state index in [0.29, 0.717) is 4.88 Å². The van der Waals surface area contributed by atoms with Crippen LogP contribution in [0.5, 0.6) is 0 Å². The third-order valence-electron chi connectivity index (χ3n) is 1.69. The molecule has 1 amide bonds. The Morgan fingerprint density at radius 2 is 2.43 bits per heavy atom. The van der Waals surface area contributed by atoms with E-state index < -0.39 is 0 Å². The summed E-state index contributed by atoms with van der Waals surface area (Å²) in [6.07, 6.45) is 0. The van der Waals surface area contributed by atoms with E-state index in [0.717, 1.165) is 9.40 Å². The van der Waals surface area contributed by atoms with Crippen LogP contribution in [0, 0.1) is 11.3 Å². The fourth-order valence-electron chi connectivity index (χ4n) is 1.08. The summed E-state index contributed by atoms with van der Waals surface area (Å²) < 4.78 is 2.24. The Kier molecular flexibility index (Phi) is 2.48. The second-order valence-corrected chi connectivity index (χ2v) is 4.63. The lowest BCUT2D eigenvalue weighted by atomic mass is 10.4. The molecule has 0 atom stereocenters. The summed E-state index contributed by atoms with van der Waals surface area (Å²) in [5.41, 5.74) is 0. The van der Waals surface area contributed by atoms with E-state index in [1.165, 1.54) is 11.3 Å². The van der Waals surface area contributed by atoms with E-state index in [4.69, 9.17) is 5.26 Å². The number of rotatable bonds is 2. The lowest BCUT2D eigenvalue weighted by Gasteiger charge is -1.94. The summed E-state index contributed by atoms with van der Waals surface area (Å²) in [4.78, 5) is 12.1. The van der Waals surface area contributed by atoms with Gasteiger partial charge in [-0.3, -0.25) is 4.79 Å². The predicted molar refractivity (Wildman–Crippen MR) is 57.6 cm³/mol. The second-order valence-electron chi connectivity index (χ2n) is 2.60. The van der Waals surface area contributed by atoms with Crippen molar-refractivity contribution in [2.45, 2.75) is 0 Å². The van der Waals surface area contributed by atoms with Gasteiger partial charge in [0.15, 0.2) is 0 Å². The predicted octanol–water partition coefficient (Wildman–Crippen LogP) is 2.22. The molecule has 0 saturated heterocycles. The summed E-state index contributed by atoms with van der Waals surface area (Å²) in [5, 5.41) is 12.8. The van der Waals surface area contributed by atoms with Gasteiger partial charge in [-0.25, -0.2) is 0 Å². The number of hydrogen-bond donors (Lipinski definition) is 1. The van der Waals surface area contributed by atoms with E-state index in [1.54, 1.807) is 11.3 Å². The Labute approximate surface area is 88.6 Å². The highest BCUT2D eigenvalue weighted by Crippen LogP contribution is 2.29. The maximum Gasteiger partial charge on any atom is 0.262 e. The normalized spacial score (nSPS) is 9.93. The molecule has 0 fully saturated rings. The highest BCUT2D eigenvalue weighted by atomic mass is 32.1. The zero-order valence-corrected chi connectivity index (χ0v) is 8.74. The largest absolute Gasteiger partial charge is 0.338 e. The third-order valence-corrected chi connectivity index (χ3v) is 3.78. The van der Waals surface area contributed by atoms with Gasteiger partial charge >= 0.3 is 0 Å². The van der Waals surface area contributed by atoms with E-state index >= 15 is 0 Å². The van der Waals surface area contributed by atoms with Crippen molar-refractivity contribution in [3.63, 3.8) is 0 Å². The molecule has 0 saturated carbocycles. The number of thiophene rings is 2. The summed E-state index contributed by atoms with van der Waals surface area (Å²) in [6, 6.07) is 5.72. The molecule has 3 nitrogen and oxygen atoms in total. The number of hydrogen-bond acceptors (Lipinski definition) is 4. The summed E-state index contributed by atoms with van der Waals surface area (Å²) in [6.45, 7) is 0.0599. The number of nitriles is 1. The van der Waals surface area contributed by atoms with Gasteiger partial charge in [0.05, 0.1) is 10.9 Å². The van der Waals surface area contributed by atoms with Gasteiger partial charge in [-0.1, -0.05) is 0 Å². The van der Waals surface area contributed by atoms with Crippen LogP contribution in [0.25, 0.3) is 9.40 Å². The first-order chi connectivity index (χ1) is 6.81. The molecular formula is C9H6N2OS2. The molecule has 2 aromatic rings. The number of amides is 1. The van der Waals surface area contributed by atoms with Crippen LogP contribution in [0.1, 0.15) is 9.67 Å². The molecule has 0 spiro atoms. The molecule has 0 radical (unpaired) electrons. The van der Waals surface area contributed by atoms with Crippen molar-refractivity contribution in [1.82, 2.24) is 5.32 Å². The van der Waals surface area contributed by atoms with Crippen molar-refractivity contribution in [2.24, 2.45) is 0 Å². The zero-order valence-electron chi connectivity index (χ0n) is 7.11. The Hall–Kier alpha value is -1.38. The fourth-order valence-corrected chi connectivity index (χ4v) is 3.11. The summed E-state index contributed by atoms with van der Waals surface area (Å²) in [5.74, 6) is -0.167. The smallest absolute Gasteiger partial charge is 0.262 e. The van der Waals surface area contributed by atoms with Crippen molar-refractivity contribution in [1.29, 1.82) is 5.26 Å². The first-order valence-electron chi connectivity index (χ1n) is 3.93. The second kappa shape index (κ2) is 3.78. The molecule has 14 heavy (non-hydrogen) atoms. The fraction of sp³-hybridized carbons (Fsp3) is 0.111. The number of nitrogens with zero attached hydrogens (tertiary/aromatic N) is 1. The molecule has 0 unspecified atom stereocenters. The molecule has 2 heterocycles. The van der Waals surface area contributed by atoms with Crippen molar-refractivity contribution >= 4 is 38.0 Å². The standard InChI is InChI=1S/C9H6N2OS2/c10-2-3-11-9(12)8-5-7-6(14-8)1-4-13-7/h1,4-5H,3H2,(H,11,12). The van der Waals surface area contributed by atoms with Gasteiger partial charge < -0.3 is 5.32 Å². The summed E-state index contributed by atoms with van der Waals surface area (Å²) >= 11 is 3.07. The molecule has 0 aliphatic rings. The first-order valence-corrected chi connectivity index (χ1v) is 5.63. The van der Waals surface area contributed by atoms with Crippen LogP contribution in [0.3, 0.4) is 0 Å². The maximum absolute atomic E-state index is 11.4. The number of carbonyl (C=O) groups excluding carboxylic acids is 1. The minimum Gasteiger partial charge on any atom is -0.338 e. The molecule has 2 aromatic heterocycles. The van der Waals surface area contributed by atoms with Crippen LogP contribution >= 0.6 is 22.7 Å². The van der Waals surface area contributed by atoms with E-state index in [9.17, 15) is 4.79 Å². The van der Waals surface area contributed by atoms with Crippen molar-refractivity contribution in [3.05, 3.63) is 22.4 Å². The van der Waals surface area contributed by atoms with Gasteiger partial charge in [0.2, 0.25) is 0 Å². The van der Waals surface area contributed by atoms with Crippen LogP contribution in [0.4, 0.5) is 0 Å². The average molecular weight is 222 g/mol. The minimum atomic E-state index is -0.167. The molecule has 2 rings (SSSR count). The van der Waals surface area contributed by atoms with Gasteiger partial charge in [0.25, 0.3) is 5.91 Å². The number of carbonyl (C=O) groups is 1. The monoisotopic (exact) mass is 222 g/mol. The zero-order chi connectivity index (χ0) is 9.97. The van der Waals surface area contributed by atoms with E-state index in [2.05, 4.69) is 5.32 Å². The van der Waals surface area contributed by atoms with Crippen molar-refractivity contribution in [3.8, 4) is 6.07 Å². The van der Waals surface area contributed by atoms with Gasteiger partial charge in [-0.2, -0.15) is 5.26 Å². The Balaban J connectivity index is 2.23. The van der Waals surface area contributed by atoms with Crippen LogP contribution < -0.4 is 5.32 Å². The van der Waals surface area contributed by atoms with Crippen molar-refractivity contribution < 1.29 is 4.79 Å². The van der Waals surface area contributed by atoms with Gasteiger partial charge in [-0.15, -0.1) is 22.7 Å². The van der Waals surface area contributed by atoms with Crippen LogP contribution in [0.2, 0.25) is 0 Å². The highest BCUT2D eigenvalue weighted by molar-refractivity contribution is 7.27.